The lowest BCUT2D eigenvalue weighted by Gasteiger charge is -2.21. The van der Waals surface area contributed by atoms with Gasteiger partial charge in [-0.25, -0.2) is 9.48 Å². The van der Waals surface area contributed by atoms with Gasteiger partial charge in [0, 0.05) is 24.6 Å². The highest BCUT2D eigenvalue weighted by Gasteiger charge is 2.24. The summed E-state index contributed by atoms with van der Waals surface area (Å²) >= 11 is 0. The number of aryl methyl sites for hydroxylation is 1. The van der Waals surface area contributed by atoms with Crippen molar-refractivity contribution in [2.24, 2.45) is 0 Å². The zero-order chi connectivity index (χ0) is 18.8. The van der Waals surface area contributed by atoms with E-state index in [0.29, 0.717) is 18.3 Å². The summed E-state index contributed by atoms with van der Waals surface area (Å²) in [7, 11) is 0. The highest BCUT2D eigenvalue weighted by atomic mass is 16.5. The molecule has 4 rings (SSSR count). The van der Waals surface area contributed by atoms with Gasteiger partial charge < -0.3 is 9.84 Å². The normalized spacial score (nSPS) is 17.3. The molecule has 142 valence electrons. The van der Waals surface area contributed by atoms with E-state index in [-0.39, 0.29) is 18.2 Å². The van der Waals surface area contributed by atoms with Crippen LogP contribution in [0.3, 0.4) is 0 Å². The average molecular weight is 368 g/mol. The van der Waals surface area contributed by atoms with Gasteiger partial charge >= 0.3 is 5.69 Å². The number of hydrogen-bond acceptors (Lipinski definition) is 6. The van der Waals surface area contributed by atoms with E-state index < -0.39 is 0 Å². The summed E-state index contributed by atoms with van der Waals surface area (Å²) in [5, 5.41) is 12.0. The first-order valence-electron chi connectivity index (χ1n) is 9.43. The first-order chi connectivity index (χ1) is 13.2. The molecule has 0 radical (unpaired) electrons. The Hall–Kier alpha value is -2.74. The van der Waals surface area contributed by atoms with E-state index in [1.807, 2.05) is 38.1 Å². The molecule has 1 fully saturated rings. The predicted octanol–water partition coefficient (Wildman–Crippen LogP) is 1.94. The summed E-state index contributed by atoms with van der Waals surface area (Å²) in [5.74, 6) is 2.00. The van der Waals surface area contributed by atoms with Gasteiger partial charge in [-0.1, -0.05) is 22.9 Å². The number of hydrogen-bond donors (Lipinski definition) is 1. The van der Waals surface area contributed by atoms with Crippen molar-refractivity contribution in [3.05, 3.63) is 52.0 Å². The first kappa shape index (κ1) is 17.7. The zero-order valence-corrected chi connectivity index (χ0v) is 15.7. The van der Waals surface area contributed by atoms with Crippen molar-refractivity contribution in [1.29, 1.82) is 0 Å². The van der Waals surface area contributed by atoms with Crippen LogP contribution in [0.4, 0.5) is 0 Å². The second-order valence-electron chi connectivity index (χ2n) is 6.97. The van der Waals surface area contributed by atoms with E-state index in [1.54, 1.807) is 4.57 Å². The third-order valence-corrected chi connectivity index (χ3v) is 4.99. The second kappa shape index (κ2) is 7.48. The van der Waals surface area contributed by atoms with Gasteiger partial charge in [-0.2, -0.15) is 10.1 Å². The van der Waals surface area contributed by atoms with E-state index in [1.165, 1.54) is 10.2 Å². The van der Waals surface area contributed by atoms with Crippen LogP contribution < -0.4 is 11.0 Å². The Labute approximate surface area is 157 Å². The maximum atomic E-state index is 12.7. The molecule has 1 aromatic carbocycles. The molecule has 1 N–H and O–H groups in total. The van der Waals surface area contributed by atoms with Crippen molar-refractivity contribution in [3.8, 4) is 11.5 Å². The monoisotopic (exact) mass is 368 g/mol. The number of piperidine rings is 1. The Bertz CT molecular complexity index is 963. The average Bonchev–Trinajstić information content (AvgIpc) is 3.28. The minimum absolute atomic E-state index is 0.125. The van der Waals surface area contributed by atoms with Gasteiger partial charge in [0.25, 0.3) is 5.89 Å². The minimum Gasteiger partial charge on any atom is -0.334 e. The number of nitrogens with one attached hydrogen (secondary N) is 1. The van der Waals surface area contributed by atoms with Crippen LogP contribution in [0.5, 0.6) is 0 Å². The topological polar surface area (TPSA) is 90.8 Å². The molecule has 1 atom stereocenters. The molecule has 1 aliphatic rings. The van der Waals surface area contributed by atoms with E-state index in [4.69, 9.17) is 4.52 Å². The molecule has 1 saturated heterocycles. The Morgan fingerprint density at radius 2 is 2.11 bits per heavy atom. The molecule has 2 aromatic heterocycles. The molecule has 0 saturated carbocycles. The summed E-state index contributed by atoms with van der Waals surface area (Å²) in [6.45, 7) is 6.68. The Morgan fingerprint density at radius 1 is 1.30 bits per heavy atom. The van der Waals surface area contributed by atoms with Crippen LogP contribution >= 0.6 is 0 Å². The van der Waals surface area contributed by atoms with Crippen LogP contribution in [0.15, 0.2) is 33.6 Å². The predicted molar refractivity (Wildman–Crippen MR) is 101 cm³/mol. The lowest BCUT2D eigenvalue weighted by molar-refractivity contribution is 0.417. The summed E-state index contributed by atoms with van der Waals surface area (Å²) in [4.78, 5) is 17.2. The fourth-order valence-electron chi connectivity index (χ4n) is 3.50. The molecule has 0 bridgehead atoms. The van der Waals surface area contributed by atoms with Gasteiger partial charge in [-0.15, -0.1) is 0 Å². The fraction of sp³-hybridized carbons (Fsp3) is 0.474. The van der Waals surface area contributed by atoms with Gasteiger partial charge in [-0.05, 0) is 45.4 Å². The van der Waals surface area contributed by atoms with Gasteiger partial charge in [0.05, 0.1) is 0 Å². The molecule has 1 aliphatic heterocycles. The molecular formula is C19H24N6O2. The molecule has 27 heavy (non-hydrogen) atoms. The fourth-order valence-corrected chi connectivity index (χ4v) is 3.50. The summed E-state index contributed by atoms with van der Waals surface area (Å²) < 4.78 is 8.55. The summed E-state index contributed by atoms with van der Waals surface area (Å²) in [5.41, 5.74) is 1.90. The van der Waals surface area contributed by atoms with Crippen LogP contribution in [0.25, 0.3) is 11.5 Å². The van der Waals surface area contributed by atoms with Gasteiger partial charge in [0.2, 0.25) is 0 Å². The number of aromatic nitrogens is 5. The van der Waals surface area contributed by atoms with E-state index in [9.17, 15) is 4.79 Å². The third-order valence-electron chi connectivity index (χ3n) is 4.99. The molecule has 0 unspecified atom stereocenters. The standard InChI is InChI=1S/C19H24N6O2/c1-3-24-17(15-5-4-10-20-11-15)22-25(19(24)26)12-16-21-18(27-23-16)14-8-6-13(2)7-9-14/h6-9,15,20H,3-5,10-12H2,1-2H3/t15-/m1/s1. The molecule has 0 amide bonds. The van der Waals surface area contributed by atoms with Crippen LogP contribution in [-0.2, 0) is 13.1 Å². The molecular weight excluding hydrogens is 344 g/mol. The number of nitrogens with zero attached hydrogens (tertiary/aromatic N) is 5. The van der Waals surface area contributed by atoms with Crippen molar-refractivity contribution >= 4 is 0 Å². The highest BCUT2D eigenvalue weighted by Crippen LogP contribution is 2.21. The lowest BCUT2D eigenvalue weighted by atomic mass is 9.99. The van der Waals surface area contributed by atoms with E-state index in [0.717, 1.165) is 37.3 Å². The lowest BCUT2D eigenvalue weighted by Crippen LogP contribution is -2.31. The Balaban J connectivity index is 1.58. The minimum atomic E-state index is -0.125. The molecule has 3 aromatic rings. The Kier molecular flexibility index (Phi) is 4.89. The van der Waals surface area contributed by atoms with Crippen LogP contribution in [0, 0.1) is 6.92 Å². The highest BCUT2D eigenvalue weighted by molar-refractivity contribution is 5.53. The van der Waals surface area contributed by atoms with Crippen LogP contribution in [0.1, 0.15) is 42.9 Å². The number of benzene rings is 1. The zero-order valence-electron chi connectivity index (χ0n) is 15.7. The smallest absolute Gasteiger partial charge is 0.334 e. The summed E-state index contributed by atoms with van der Waals surface area (Å²) in [6.07, 6.45) is 2.14. The van der Waals surface area contributed by atoms with Crippen molar-refractivity contribution in [2.45, 2.75) is 45.7 Å². The van der Waals surface area contributed by atoms with Crippen molar-refractivity contribution in [3.63, 3.8) is 0 Å². The summed E-state index contributed by atoms with van der Waals surface area (Å²) in [6, 6.07) is 7.88. The van der Waals surface area contributed by atoms with Crippen molar-refractivity contribution < 1.29 is 4.52 Å². The molecule has 0 aliphatic carbocycles. The SMILES string of the molecule is CCn1c([C@@H]2CCCNC2)nn(Cc2noc(-c3ccc(C)cc3)n2)c1=O. The maximum absolute atomic E-state index is 12.7. The molecule has 8 heteroatoms. The van der Waals surface area contributed by atoms with Gasteiger partial charge in [0.1, 0.15) is 12.4 Å². The van der Waals surface area contributed by atoms with Crippen LogP contribution in [-0.4, -0.2) is 37.6 Å². The third kappa shape index (κ3) is 3.57. The molecule has 0 spiro atoms. The number of rotatable bonds is 5. The molecule has 8 nitrogen and oxygen atoms in total. The van der Waals surface area contributed by atoms with Crippen molar-refractivity contribution in [2.75, 3.05) is 13.1 Å². The second-order valence-corrected chi connectivity index (χ2v) is 6.97. The van der Waals surface area contributed by atoms with Crippen molar-refractivity contribution in [1.82, 2.24) is 29.8 Å². The van der Waals surface area contributed by atoms with Gasteiger partial charge in [-0.3, -0.25) is 4.57 Å². The first-order valence-corrected chi connectivity index (χ1v) is 9.43. The van der Waals surface area contributed by atoms with E-state index in [2.05, 4.69) is 20.6 Å². The van der Waals surface area contributed by atoms with E-state index >= 15 is 0 Å². The molecule has 3 heterocycles. The quantitative estimate of drug-likeness (QED) is 0.740. The Morgan fingerprint density at radius 3 is 2.81 bits per heavy atom. The van der Waals surface area contributed by atoms with Crippen LogP contribution in [0.2, 0.25) is 0 Å². The largest absolute Gasteiger partial charge is 0.346 e. The van der Waals surface area contributed by atoms with Gasteiger partial charge in [0.15, 0.2) is 5.82 Å². The maximum Gasteiger partial charge on any atom is 0.346 e.